The summed E-state index contributed by atoms with van der Waals surface area (Å²) in [6.07, 6.45) is 1.00. The number of hydrogen-bond donors (Lipinski definition) is 2. The van der Waals surface area contributed by atoms with Gasteiger partial charge in [0.1, 0.15) is 0 Å². The fourth-order valence-corrected chi connectivity index (χ4v) is 1.74. The first-order valence-corrected chi connectivity index (χ1v) is 6.46. The second-order valence-electron chi connectivity index (χ2n) is 4.81. The van der Waals surface area contributed by atoms with E-state index in [1.54, 1.807) is 0 Å². The van der Waals surface area contributed by atoms with Gasteiger partial charge >= 0.3 is 5.97 Å². The van der Waals surface area contributed by atoms with Crippen LogP contribution >= 0.6 is 0 Å². The van der Waals surface area contributed by atoms with Gasteiger partial charge in [-0.1, -0.05) is 6.92 Å². The number of carbonyl (C=O) groups excluding carboxylic acids is 1. The van der Waals surface area contributed by atoms with E-state index in [-0.39, 0.29) is 18.9 Å². The van der Waals surface area contributed by atoms with Gasteiger partial charge in [0, 0.05) is 13.0 Å². The maximum atomic E-state index is 13.4. The highest BCUT2D eigenvalue weighted by molar-refractivity contribution is 5.94. The summed E-state index contributed by atoms with van der Waals surface area (Å²) in [5, 5.41) is 10.9. The van der Waals surface area contributed by atoms with Crippen molar-refractivity contribution in [1.29, 1.82) is 0 Å². The lowest BCUT2D eigenvalue weighted by molar-refractivity contribution is -0.137. The van der Waals surface area contributed by atoms with Crippen LogP contribution in [0.3, 0.4) is 0 Å². The molecule has 1 rings (SSSR count). The van der Waals surface area contributed by atoms with Crippen LogP contribution in [0.25, 0.3) is 0 Å². The van der Waals surface area contributed by atoms with Crippen molar-refractivity contribution < 1.29 is 27.9 Å². The van der Waals surface area contributed by atoms with Gasteiger partial charge in [-0.05, 0) is 30.9 Å². The van der Waals surface area contributed by atoms with Crippen molar-refractivity contribution in [2.45, 2.75) is 26.2 Å². The Kier molecular flexibility index (Phi) is 6.20. The second-order valence-corrected chi connectivity index (χ2v) is 4.81. The Labute approximate surface area is 120 Å². The highest BCUT2D eigenvalue weighted by Crippen LogP contribution is 2.15. The van der Waals surface area contributed by atoms with Crippen molar-refractivity contribution in [3.63, 3.8) is 0 Å². The Bertz CT molecular complexity index is 534. The number of carboxylic acids is 1. The molecule has 2 N–H and O–H groups in total. The van der Waals surface area contributed by atoms with Gasteiger partial charge in [0.25, 0.3) is 5.91 Å². The van der Waals surface area contributed by atoms with E-state index < -0.39 is 34.9 Å². The molecule has 4 nitrogen and oxygen atoms in total. The zero-order valence-electron chi connectivity index (χ0n) is 11.5. The molecule has 1 amide bonds. The first-order chi connectivity index (χ1) is 9.82. The third kappa shape index (κ3) is 5.09. The molecule has 0 aliphatic rings. The van der Waals surface area contributed by atoms with Gasteiger partial charge in [0.05, 0.1) is 5.56 Å². The zero-order valence-corrected chi connectivity index (χ0v) is 11.5. The third-order valence-corrected chi connectivity index (χ3v) is 3.05. The van der Waals surface area contributed by atoms with Gasteiger partial charge in [-0.3, -0.25) is 9.59 Å². The molecule has 7 heteroatoms. The summed E-state index contributed by atoms with van der Waals surface area (Å²) in [7, 11) is 0. The van der Waals surface area contributed by atoms with Crippen LogP contribution < -0.4 is 5.32 Å². The van der Waals surface area contributed by atoms with Crippen molar-refractivity contribution in [2.24, 2.45) is 5.92 Å². The Balaban J connectivity index is 2.48. The molecule has 1 unspecified atom stereocenters. The van der Waals surface area contributed by atoms with E-state index >= 15 is 0 Å². The number of carbonyl (C=O) groups is 2. The molecule has 0 spiro atoms. The number of aliphatic carboxylic acids is 1. The van der Waals surface area contributed by atoms with Crippen LogP contribution in [-0.2, 0) is 4.79 Å². The van der Waals surface area contributed by atoms with Gasteiger partial charge < -0.3 is 10.4 Å². The van der Waals surface area contributed by atoms with Gasteiger partial charge in [0.15, 0.2) is 17.5 Å². The molecule has 116 valence electrons. The van der Waals surface area contributed by atoms with E-state index in [9.17, 15) is 22.8 Å². The largest absolute Gasteiger partial charge is 0.481 e. The minimum atomic E-state index is -1.68. The predicted octanol–water partition coefficient (Wildman–Crippen LogP) is 2.72. The maximum absolute atomic E-state index is 13.4. The molecule has 0 fully saturated rings. The van der Waals surface area contributed by atoms with Crippen molar-refractivity contribution in [3.8, 4) is 0 Å². The van der Waals surface area contributed by atoms with Crippen molar-refractivity contribution >= 4 is 11.9 Å². The zero-order chi connectivity index (χ0) is 16.0. The number of amides is 1. The second kappa shape index (κ2) is 7.66. The average molecular weight is 303 g/mol. The first-order valence-electron chi connectivity index (χ1n) is 6.46. The number of nitrogens with one attached hydrogen (secondary N) is 1. The molecule has 0 aromatic heterocycles. The molecule has 0 saturated carbocycles. The smallest absolute Gasteiger partial charge is 0.303 e. The van der Waals surface area contributed by atoms with E-state index in [2.05, 4.69) is 5.32 Å². The van der Waals surface area contributed by atoms with E-state index in [1.807, 2.05) is 6.92 Å². The number of halogens is 3. The Morgan fingerprint density at radius 1 is 1.19 bits per heavy atom. The SMILES string of the molecule is CC(CCNC(=O)c1ccc(F)c(F)c1F)CCC(=O)O. The predicted molar refractivity (Wildman–Crippen MR) is 69.3 cm³/mol. The molecule has 1 atom stereocenters. The quantitative estimate of drug-likeness (QED) is 0.761. The Morgan fingerprint density at radius 2 is 1.86 bits per heavy atom. The molecule has 0 aliphatic heterocycles. The summed E-state index contributed by atoms with van der Waals surface area (Å²) < 4.78 is 39.1. The summed E-state index contributed by atoms with van der Waals surface area (Å²) >= 11 is 0. The van der Waals surface area contributed by atoms with Crippen LogP contribution in [0.5, 0.6) is 0 Å². The third-order valence-electron chi connectivity index (χ3n) is 3.05. The highest BCUT2D eigenvalue weighted by atomic mass is 19.2. The molecule has 0 saturated heterocycles. The lowest BCUT2D eigenvalue weighted by Gasteiger charge is -2.11. The molecular formula is C14H16F3NO3. The lowest BCUT2D eigenvalue weighted by Crippen LogP contribution is -2.27. The van der Waals surface area contributed by atoms with Crippen molar-refractivity contribution in [1.82, 2.24) is 5.32 Å². The molecular weight excluding hydrogens is 287 g/mol. The Morgan fingerprint density at radius 3 is 2.48 bits per heavy atom. The van der Waals surface area contributed by atoms with E-state index in [4.69, 9.17) is 5.11 Å². The fourth-order valence-electron chi connectivity index (χ4n) is 1.74. The number of rotatable bonds is 7. The standard InChI is InChI=1S/C14H16F3NO3/c1-8(2-5-11(19)20)6-7-18-14(21)9-3-4-10(15)13(17)12(9)16/h3-4,8H,2,5-7H2,1H3,(H,18,21)(H,19,20). The van der Waals surface area contributed by atoms with Crippen molar-refractivity contribution in [3.05, 3.63) is 35.1 Å². The molecule has 0 bridgehead atoms. The van der Waals surface area contributed by atoms with Gasteiger partial charge in [0.2, 0.25) is 0 Å². The molecule has 1 aromatic rings. The van der Waals surface area contributed by atoms with E-state index in [0.29, 0.717) is 18.9 Å². The van der Waals surface area contributed by atoms with Crippen LogP contribution in [0.15, 0.2) is 12.1 Å². The molecule has 0 aliphatic carbocycles. The topological polar surface area (TPSA) is 66.4 Å². The summed E-state index contributed by atoms with van der Waals surface area (Å²) in [5.41, 5.74) is -0.563. The molecule has 1 aromatic carbocycles. The molecule has 21 heavy (non-hydrogen) atoms. The lowest BCUT2D eigenvalue weighted by atomic mass is 10.0. The Hall–Kier alpha value is -2.05. The summed E-state index contributed by atoms with van der Waals surface area (Å²) in [5.74, 6) is -6.22. The highest BCUT2D eigenvalue weighted by Gasteiger charge is 2.18. The number of benzene rings is 1. The minimum absolute atomic E-state index is 0.0346. The normalized spacial score (nSPS) is 12.0. The summed E-state index contributed by atoms with van der Waals surface area (Å²) in [4.78, 5) is 22.0. The van der Waals surface area contributed by atoms with Gasteiger partial charge in [-0.15, -0.1) is 0 Å². The van der Waals surface area contributed by atoms with Crippen LogP contribution in [0, 0.1) is 23.4 Å². The van der Waals surface area contributed by atoms with E-state index in [1.165, 1.54) is 0 Å². The van der Waals surface area contributed by atoms with Gasteiger partial charge in [-0.25, -0.2) is 13.2 Å². The monoisotopic (exact) mass is 303 g/mol. The van der Waals surface area contributed by atoms with Crippen LogP contribution in [-0.4, -0.2) is 23.5 Å². The van der Waals surface area contributed by atoms with Crippen LogP contribution in [0.4, 0.5) is 13.2 Å². The number of hydrogen-bond acceptors (Lipinski definition) is 2. The number of carboxylic acid groups (broad SMARTS) is 1. The minimum Gasteiger partial charge on any atom is -0.481 e. The average Bonchev–Trinajstić information content (AvgIpc) is 2.42. The maximum Gasteiger partial charge on any atom is 0.303 e. The van der Waals surface area contributed by atoms with Crippen LogP contribution in [0.1, 0.15) is 36.5 Å². The fraction of sp³-hybridized carbons (Fsp3) is 0.429. The van der Waals surface area contributed by atoms with Crippen LogP contribution in [0.2, 0.25) is 0 Å². The first kappa shape index (κ1) is 17.0. The summed E-state index contributed by atoms with van der Waals surface area (Å²) in [6.45, 7) is 2.02. The van der Waals surface area contributed by atoms with E-state index in [0.717, 1.165) is 6.07 Å². The van der Waals surface area contributed by atoms with Gasteiger partial charge in [-0.2, -0.15) is 0 Å². The molecule has 0 heterocycles. The summed E-state index contributed by atoms with van der Waals surface area (Å²) in [6, 6.07) is 1.56. The van der Waals surface area contributed by atoms with Crippen molar-refractivity contribution in [2.75, 3.05) is 6.54 Å². The molecule has 0 radical (unpaired) electrons.